The van der Waals surface area contributed by atoms with Gasteiger partial charge in [-0.25, -0.2) is 27.7 Å². The Bertz CT molecular complexity index is 2130. The van der Waals surface area contributed by atoms with Crippen LogP contribution in [0, 0.1) is 11.3 Å². The van der Waals surface area contributed by atoms with E-state index >= 15 is 0 Å². The predicted molar refractivity (Wildman–Crippen MR) is 140 cm³/mol. The number of nitriles is 1. The summed E-state index contributed by atoms with van der Waals surface area (Å²) in [5.41, 5.74) is -3.09. The number of rotatable bonds is 6. The molecule has 19 heteroatoms. The number of fused-ring (bicyclic) bond motifs is 1. The Kier molecular flexibility index (Phi) is 7.05. The fraction of sp³-hybridized carbons (Fsp3) is 0.208. The number of aromatic nitrogens is 8. The Balaban J connectivity index is 1.69. The highest BCUT2D eigenvalue weighted by molar-refractivity contribution is 7.91. The van der Waals surface area contributed by atoms with Gasteiger partial charge in [-0.1, -0.05) is 18.5 Å². The lowest BCUT2D eigenvalue weighted by molar-refractivity contribution is -0.291. The molecule has 0 N–H and O–H groups in total. The van der Waals surface area contributed by atoms with Crippen LogP contribution in [0.25, 0.3) is 34.2 Å². The zero-order valence-corrected chi connectivity index (χ0v) is 23.2. The molecular weight excluding hydrogens is 625 g/mol. The molecule has 0 aliphatic heterocycles. The summed E-state index contributed by atoms with van der Waals surface area (Å²) in [5, 5.41) is 19.7. The van der Waals surface area contributed by atoms with Gasteiger partial charge in [-0.3, -0.25) is 0 Å². The molecule has 0 aliphatic rings. The molecule has 0 amide bonds. The molecule has 1 aromatic carbocycles. The molecule has 0 unspecified atom stereocenters. The number of alkyl halides is 5. The first-order chi connectivity index (χ1) is 20.1. The molecule has 4 heterocycles. The first-order valence-electron chi connectivity index (χ1n) is 11.9. The zero-order chi connectivity index (χ0) is 31.5. The summed E-state index contributed by atoms with van der Waals surface area (Å²) in [6, 6.07) is 8.82. The first-order valence-corrected chi connectivity index (χ1v) is 13.9. The monoisotopic (exact) mass is 639 g/mol. The average Bonchev–Trinajstić information content (AvgIpc) is 3.51. The van der Waals surface area contributed by atoms with Crippen molar-refractivity contribution in [1.82, 2.24) is 39.1 Å². The minimum absolute atomic E-state index is 0.0790. The van der Waals surface area contributed by atoms with E-state index in [-0.39, 0.29) is 49.9 Å². The van der Waals surface area contributed by atoms with Crippen LogP contribution in [0.5, 0.6) is 0 Å². The maximum Gasteiger partial charge on any atom is 0.459 e. The van der Waals surface area contributed by atoms with Gasteiger partial charge in [0.25, 0.3) is 0 Å². The summed E-state index contributed by atoms with van der Waals surface area (Å²) < 4.78 is 95.5. The van der Waals surface area contributed by atoms with Gasteiger partial charge in [-0.15, -0.1) is 10.2 Å². The smallest absolute Gasteiger partial charge is 0.309 e. The van der Waals surface area contributed by atoms with Crippen LogP contribution in [0.1, 0.15) is 18.2 Å². The number of hydrogen-bond donors (Lipinski definition) is 0. The van der Waals surface area contributed by atoms with Crippen LogP contribution in [-0.2, 0) is 22.8 Å². The fourth-order valence-electron chi connectivity index (χ4n) is 4.00. The van der Waals surface area contributed by atoms with Crippen molar-refractivity contribution in [2.75, 3.05) is 5.75 Å². The molecule has 222 valence electrons. The van der Waals surface area contributed by atoms with Crippen molar-refractivity contribution in [2.24, 2.45) is 7.05 Å². The molecular formula is C24H15ClF5N9O3S. The summed E-state index contributed by atoms with van der Waals surface area (Å²) in [7, 11) is -2.72. The van der Waals surface area contributed by atoms with Crippen molar-refractivity contribution in [1.29, 1.82) is 5.26 Å². The third-order valence-corrected chi connectivity index (χ3v) is 8.38. The van der Waals surface area contributed by atoms with Gasteiger partial charge >= 0.3 is 17.8 Å². The van der Waals surface area contributed by atoms with Gasteiger partial charge in [0.2, 0.25) is 0 Å². The van der Waals surface area contributed by atoms with Crippen LogP contribution in [-0.4, -0.2) is 59.4 Å². The third kappa shape index (κ3) is 4.89. The van der Waals surface area contributed by atoms with Gasteiger partial charge in [-0.2, -0.15) is 37.0 Å². The predicted octanol–water partition coefficient (Wildman–Crippen LogP) is 3.73. The van der Waals surface area contributed by atoms with Crippen molar-refractivity contribution in [2.45, 2.75) is 23.9 Å². The average molecular weight is 640 g/mol. The molecule has 0 aliphatic carbocycles. The van der Waals surface area contributed by atoms with E-state index < -0.39 is 38.8 Å². The standard InChI is InChI=1S/C24H15ClF5N9O3S/c1-3-43(41,42)16-6-7-18(39-22(40)38(11-32-39)13-5-4-12(10-31)14(25)8-13)34-19(16)21-33-15-9-17(23(26,27)24(28,29)30)35-36-20(15)37(21)2/h4-9,11H,3H2,1-2H3. The lowest BCUT2D eigenvalue weighted by atomic mass is 10.2. The van der Waals surface area contributed by atoms with Crippen LogP contribution >= 0.6 is 11.6 Å². The van der Waals surface area contributed by atoms with Crippen molar-refractivity contribution in [3.63, 3.8) is 0 Å². The second-order valence-electron chi connectivity index (χ2n) is 8.90. The van der Waals surface area contributed by atoms with Crippen LogP contribution in [0.2, 0.25) is 5.02 Å². The summed E-state index contributed by atoms with van der Waals surface area (Å²) in [5.74, 6) is -6.19. The molecule has 4 aromatic heterocycles. The summed E-state index contributed by atoms with van der Waals surface area (Å²) in [6.07, 6.45) is -4.82. The summed E-state index contributed by atoms with van der Waals surface area (Å²) >= 11 is 6.07. The van der Waals surface area contributed by atoms with E-state index in [9.17, 15) is 35.2 Å². The van der Waals surface area contributed by atoms with Crippen molar-refractivity contribution < 1.29 is 30.4 Å². The minimum atomic E-state index is -5.95. The van der Waals surface area contributed by atoms with Crippen LogP contribution < -0.4 is 5.69 Å². The van der Waals surface area contributed by atoms with E-state index in [1.807, 2.05) is 6.07 Å². The Morgan fingerprint density at radius 2 is 1.77 bits per heavy atom. The van der Waals surface area contributed by atoms with E-state index in [1.54, 1.807) is 0 Å². The SMILES string of the molecule is CCS(=O)(=O)c1ccc(-n2ncn(-c3ccc(C#N)c(Cl)c3)c2=O)nc1-c1nc2cc(C(F)(F)C(F)(F)F)nnc2n1C. The molecule has 12 nitrogen and oxygen atoms in total. The summed E-state index contributed by atoms with van der Waals surface area (Å²) in [6.45, 7) is 1.35. The van der Waals surface area contributed by atoms with Crippen molar-refractivity contribution in [3.8, 4) is 29.1 Å². The van der Waals surface area contributed by atoms with Gasteiger partial charge in [0.15, 0.2) is 27.1 Å². The maximum atomic E-state index is 13.9. The molecule has 5 aromatic rings. The molecule has 0 fully saturated rings. The number of aryl methyl sites for hydroxylation is 1. The molecule has 0 saturated heterocycles. The molecule has 0 spiro atoms. The molecule has 0 radical (unpaired) electrons. The lowest BCUT2D eigenvalue weighted by Crippen LogP contribution is -2.34. The fourth-order valence-corrected chi connectivity index (χ4v) is 5.23. The van der Waals surface area contributed by atoms with Gasteiger partial charge in [0.1, 0.15) is 29.3 Å². The summed E-state index contributed by atoms with van der Waals surface area (Å²) in [4.78, 5) is 21.2. The van der Waals surface area contributed by atoms with E-state index in [2.05, 4.69) is 25.3 Å². The van der Waals surface area contributed by atoms with Crippen molar-refractivity contribution in [3.05, 3.63) is 69.5 Å². The number of sulfone groups is 1. The largest absolute Gasteiger partial charge is 0.459 e. The molecule has 43 heavy (non-hydrogen) atoms. The van der Waals surface area contributed by atoms with E-state index in [4.69, 9.17) is 16.9 Å². The van der Waals surface area contributed by atoms with Crippen LogP contribution in [0.3, 0.4) is 0 Å². The Hall–Kier alpha value is -4.76. The van der Waals surface area contributed by atoms with Crippen LogP contribution in [0.4, 0.5) is 22.0 Å². The zero-order valence-electron chi connectivity index (χ0n) is 21.7. The Morgan fingerprint density at radius 3 is 2.40 bits per heavy atom. The highest BCUT2D eigenvalue weighted by atomic mass is 35.5. The number of imidazole rings is 1. The minimum Gasteiger partial charge on any atom is -0.309 e. The Labute approximate surface area is 242 Å². The van der Waals surface area contributed by atoms with Gasteiger partial charge in [0.05, 0.1) is 26.9 Å². The van der Waals surface area contributed by atoms with Gasteiger partial charge < -0.3 is 4.57 Å². The van der Waals surface area contributed by atoms with Gasteiger partial charge in [-0.05, 0) is 36.4 Å². The van der Waals surface area contributed by atoms with Crippen molar-refractivity contribution >= 4 is 32.6 Å². The maximum absolute atomic E-state index is 13.9. The van der Waals surface area contributed by atoms with Gasteiger partial charge in [0, 0.05) is 7.05 Å². The molecule has 0 bridgehead atoms. The Morgan fingerprint density at radius 1 is 1.05 bits per heavy atom. The number of hydrogen-bond acceptors (Lipinski definition) is 9. The number of halogens is 6. The number of nitrogens with zero attached hydrogens (tertiary/aromatic N) is 9. The van der Waals surface area contributed by atoms with E-state index in [1.165, 1.54) is 38.2 Å². The first kappa shape index (κ1) is 29.7. The number of benzene rings is 1. The molecule has 0 saturated carbocycles. The second kappa shape index (κ2) is 10.2. The van der Waals surface area contributed by atoms with Crippen LogP contribution in [0.15, 0.2) is 52.4 Å². The second-order valence-corrected chi connectivity index (χ2v) is 11.5. The molecule has 0 atom stereocenters. The molecule has 5 rings (SSSR count). The third-order valence-electron chi connectivity index (χ3n) is 6.30. The number of pyridine rings is 1. The highest BCUT2D eigenvalue weighted by Gasteiger charge is 2.60. The quantitative estimate of drug-likeness (QED) is 0.253. The lowest BCUT2D eigenvalue weighted by Gasteiger charge is -2.17. The highest BCUT2D eigenvalue weighted by Crippen LogP contribution is 2.43. The van der Waals surface area contributed by atoms with E-state index in [0.717, 1.165) is 26.2 Å². The van der Waals surface area contributed by atoms with E-state index in [0.29, 0.717) is 6.07 Å². The topological polar surface area (TPSA) is 154 Å². The normalized spacial score (nSPS) is 12.5.